The van der Waals surface area contributed by atoms with E-state index in [1.807, 2.05) is 0 Å². The molecule has 0 spiro atoms. The molecule has 1 fully saturated rings. The van der Waals surface area contributed by atoms with E-state index in [9.17, 15) is 9.18 Å². The van der Waals surface area contributed by atoms with Crippen LogP contribution in [0.1, 0.15) is 49.4 Å². The van der Waals surface area contributed by atoms with Gasteiger partial charge in [-0.2, -0.15) is 0 Å². The highest BCUT2D eigenvalue weighted by Gasteiger charge is 2.22. The van der Waals surface area contributed by atoms with Gasteiger partial charge in [0.05, 0.1) is 5.56 Å². The van der Waals surface area contributed by atoms with E-state index in [-0.39, 0.29) is 5.56 Å². The molecule has 2 rings (SSSR count). The van der Waals surface area contributed by atoms with Crippen molar-refractivity contribution >= 4 is 17.7 Å². The molecule has 0 saturated heterocycles. The molecular weight excluding hydrogens is 263 g/mol. The number of rotatable bonds is 4. The number of carbonyl (C=O) groups is 1. The number of thioether (sulfide) groups is 1. The van der Waals surface area contributed by atoms with Gasteiger partial charge in [-0.1, -0.05) is 26.2 Å². The van der Waals surface area contributed by atoms with Gasteiger partial charge < -0.3 is 5.11 Å². The molecule has 0 heterocycles. The fourth-order valence-corrected chi connectivity index (χ4v) is 4.02. The van der Waals surface area contributed by atoms with Crippen LogP contribution in [0.4, 0.5) is 4.39 Å². The Hall–Kier alpha value is -1.03. The van der Waals surface area contributed by atoms with Crippen LogP contribution in [0.3, 0.4) is 0 Å². The van der Waals surface area contributed by atoms with Crippen LogP contribution < -0.4 is 0 Å². The average Bonchev–Trinajstić information content (AvgIpc) is 2.41. The Balaban J connectivity index is 2.06. The van der Waals surface area contributed by atoms with Crippen LogP contribution >= 0.6 is 11.8 Å². The summed E-state index contributed by atoms with van der Waals surface area (Å²) in [5.74, 6) is -1.08. The minimum Gasteiger partial charge on any atom is -0.478 e. The van der Waals surface area contributed by atoms with Crippen LogP contribution in [0, 0.1) is 11.7 Å². The third-order valence-electron chi connectivity index (χ3n) is 3.78. The number of carboxylic acids is 1. The fraction of sp³-hybridized carbons (Fsp3) is 0.533. The number of aromatic carboxylic acids is 1. The molecule has 2 atom stereocenters. The van der Waals surface area contributed by atoms with E-state index in [1.165, 1.54) is 44.2 Å². The zero-order valence-corrected chi connectivity index (χ0v) is 11.9. The van der Waals surface area contributed by atoms with E-state index in [0.29, 0.717) is 5.25 Å². The lowest BCUT2D eigenvalue weighted by Crippen LogP contribution is -2.16. The van der Waals surface area contributed by atoms with Gasteiger partial charge in [-0.3, -0.25) is 0 Å². The molecule has 0 aromatic heterocycles. The molecule has 19 heavy (non-hydrogen) atoms. The first-order valence-corrected chi connectivity index (χ1v) is 7.67. The van der Waals surface area contributed by atoms with Gasteiger partial charge >= 0.3 is 5.97 Å². The van der Waals surface area contributed by atoms with Gasteiger partial charge in [0, 0.05) is 10.1 Å². The molecule has 1 aliphatic rings. The van der Waals surface area contributed by atoms with E-state index in [4.69, 9.17) is 5.11 Å². The summed E-state index contributed by atoms with van der Waals surface area (Å²) in [5.41, 5.74) is -0.229. The molecule has 0 radical (unpaired) electrons. The first kappa shape index (κ1) is 14.4. The number of hydrogen-bond donors (Lipinski definition) is 1. The predicted octanol–water partition coefficient (Wildman–Crippen LogP) is 4.58. The summed E-state index contributed by atoms with van der Waals surface area (Å²) in [7, 11) is 0. The molecule has 1 aliphatic carbocycles. The van der Waals surface area contributed by atoms with Gasteiger partial charge in [0.15, 0.2) is 0 Å². The summed E-state index contributed by atoms with van der Waals surface area (Å²) in [6.07, 6.45) is 6.10. The molecule has 1 aromatic carbocycles. The maximum Gasteiger partial charge on any atom is 0.338 e. The highest BCUT2D eigenvalue weighted by atomic mass is 32.2. The van der Waals surface area contributed by atoms with Crippen LogP contribution in [0.25, 0.3) is 0 Å². The smallest absolute Gasteiger partial charge is 0.338 e. The van der Waals surface area contributed by atoms with Crippen molar-refractivity contribution in [3.63, 3.8) is 0 Å². The molecule has 1 saturated carbocycles. The van der Waals surface area contributed by atoms with Crippen molar-refractivity contribution in [3.8, 4) is 0 Å². The summed E-state index contributed by atoms with van der Waals surface area (Å²) in [4.78, 5) is 11.8. The molecular formula is C15H19FO2S. The standard InChI is InChI=1S/C15H19FO2S/c1-2-10-4-3-5-11(8-10)19-12-6-7-14(16)13(9-12)15(17)18/h6-7,9-11H,2-5,8H2,1H3,(H,17,18). The van der Waals surface area contributed by atoms with Crippen LogP contribution in [0.5, 0.6) is 0 Å². The molecule has 1 aromatic rings. The number of carboxylic acid groups (broad SMARTS) is 1. The normalized spacial score (nSPS) is 23.3. The minimum atomic E-state index is -1.20. The summed E-state index contributed by atoms with van der Waals surface area (Å²) in [5, 5.41) is 9.46. The Bertz CT molecular complexity index is 461. The van der Waals surface area contributed by atoms with Gasteiger partial charge in [0.2, 0.25) is 0 Å². The average molecular weight is 282 g/mol. The zero-order chi connectivity index (χ0) is 13.8. The molecule has 1 N–H and O–H groups in total. The van der Waals surface area contributed by atoms with Crippen LogP contribution in [0.2, 0.25) is 0 Å². The third kappa shape index (κ3) is 3.72. The molecule has 2 unspecified atom stereocenters. The SMILES string of the molecule is CCC1CCCC(Sc2ccc(F)c(C(=O)O)c2)C1. The van der Waals surface area contributed by atoms with Gasteiger partial charge in [0.25, 0.3) is 0 Å². The first-order valence-electron chi connectivity index (χ1n) is 6.79. The molecule has 2 nitrogen and oxygen atoms in total. The maximum absolute atomic E-state index is 13.3. The third-order valence-corrected chi connectivity index (χ3v) is 5.07. The fourth-order valence-electron chi connectivity index (χ4n) is 2.65. The van der Waals surface area contributed by atoms with Crippen molar-refractivity contribution in [2.45, 2.75) is 49.2 Å². The maximum atomic E-state index is 13.3. The van der Waals surface area contributed by atoms with Crippen molar-refractivity contribution in [3.05, 3.63) is 29.6 Å². The topological polar surface area (TPSA) is 37.3 Å². The molecule has 104 valence electrons. The van der Waals surface area contributed by atoms with E-state index >= 15 is 0 Å². The molecule has 0 amide bonds. The van der Waals surface area contributed by atoms with Gasteiger partial charge in [-0.25, -0.2) is 9.18 Å². The molecule has 0 aliphatic heterocycles. The lowest BCUT2D eigenvalue weighted by molar-refractivity contribution is 0.0691. The quantitative estimate of drug-likeness (QED) is 0.878. The zero-order valence-electron chi connectivity index (χ0n) is 11.1. The summed E-state index contributed by atoms with van der Waals surface area (Å²) in [6, 6.07) is 4.39. The first-order chi connectivity index (χ1) is 9.10. The number of benzene rings is 1. The van der Waals surface area contributed by atoms with Crippen LogP contribution in [0.15, 0.2) is 23.1 Å². The Kier molecular flexibility index (Phi) is 4.86. The van der Waals surface area contributed by atoms with E-state index < -0.39 is 11.8 Å². The Labute approximate surface area is 117 Å². The van der Waals surface area contributed by atoms with Crippen LogP contribution in [-0.4, -0.2) is 16.3 Å². The van der Waals surface area contributed by atoms with Gasteiger partial charge in [0.1, 0.15) is 5.82 Å². The number of hydrogen-bond acceptors (Lipinski definition) is 2. The van der Waals surface area contributed by atoms with Crippen LogP contribution in [-0.2, 0) is 0 Å². The second-order valence-corrected chi connectivity index (χ2v) is 6.50. The largest absolute Gasteiger partial charge is 0.478 e. The summed E-state index contributed by atoms with van der Waals surface area (Å²) < 4.78 is 13.3. The van der Waals surface area contributed by atoms with E-state index in [0.717, 1.165) is 10.8 Å². The highest BCUT2D eigenvalue weighted by Crippen LogP contribution is 2.37. The van der Waals surface area contributed by atoms with Crippen molar-refractivity contribution < 1.29 is 14.3 Å². The van der Waals surface area contributed by atoms with Crippen molar-refractivity contribution in [2.24, 2.45) is 5.92 Å². The van der Waals surface area contributed by atoms with Gasteiger partial charge in [-0.05, 0) is 37.0 Å². The van der Waals surface area contributed by atoms with Crippen molar-refractivity contribution in [1.29, 1.82) is 0 Å². The lowest BCUT2D eigenvalue weighted by atomic mass is 9.87. The minimum absolute atomic E-state index is 0.229. The molecule has 4 heteroatoms. The lowest BCUT2D eigenvalue weighted by Gasteiger charge is -2.28. The Morgan fingerprint density at radius 3 is 2.95 bits per heavy atom. The second kappa shape index (κ2) is 6.42. The summed E-state index contributed by atoms with van der Waals surface area (Å²) in [6.45, 7) is 2.22. The second-order valence-electron chi connectivity index (χ2n) is 5.13. The van der Waals surface area contributed by atoms with Crippen molar-refractivity contribution in [1.82, 2.24) is 0 Å². The Morgan fingerprint density at radius 2 is 2.26 bits per heavy atom. The molecule has 0 bridgehead atoms. The predicted molar refractivity (Wildman–Crippen MR) is 75.3 cm³/mol. The van der Waals surface area contributed by atoms with Crippen molar-refractivity contribution in [2.75, 3.05) is 0 Å². The van der Waals surface area contributed by atoms with E-state index in [2.05, 4.69) is 6.92 Å². The van der Waals surface area contributed by atoms with Gasteiger partial charge in [-0.15, -0.1) is 11.8 Å². The summed E-state index contributed by atoms with van der Waals surface area (Å²) >= 11 is 1.69. The Morgan fingerprint density at radius 1 is 1.47 bits per heavy atom. The highest BCUT2D eigenvalue weighted by molar-refractivity contribution is 8.00. The monoisotopic (exact) mass is 282 g/mol. The number of halogens is 1. The van der Waals surface area contributed by atoms with E-state index in [1.54, 1.807) is 17.8 Å².